The molecule has 0 radical (unpaired) electrons. The molecule has 3 aromatic carbocycles. The van der Waals surface area contributed by atoms with Gasteiger partial charge in [0, 0.05) is 30.2 Å². The van der Waals surface area contributed by atoms with E-state index in [-0.39, 0.29) is 42.9 Å². The molecule has 4 aromatic rings. The molecule has 0 fully saturated rings. The summed E-state index contributed by atoms with van der Waals surface area (Å²) < 4.78 is 31.7. The van der Waals surface area contributed by atoms with Crippen molar-refractivity contribution in [2.24, 2.45) is 0 Å². The summed E-state index contributed by atoms with van der Waals surface area (Å²) in [4.78, 5) is 31.7. The molecule has 2 N–H and O–H groups in total. The van der Waals surface area contributed by atoms with Crippen LogP contribution in [0.3, 0.4) is 0 Å². The van der Waals surface area contributed by atoms with Gasteiger partial charge in [-0.2, -0.15) is 0 Å². The predicted octanol–water partition coefficient (Wildman–Crippen LogP) is 5.59. The van der Waals surface area contributed by atoms with Gasteiger partial charge in [0.2, 0.25) is 0 Å². The maximum Gasteiger partial charge on any atom is 0.322 e. The number of halogens is 2. The second-order valence-electron chi connectivity index (χ2n) is 8.08. The summed E-state index contributed by atoms with van der Waals surface area (Å²) in [5, 5.41) is 7.77. The summed E-state index contributed by atoms with van der Waals surface area (Å²) >= 11 is 1.25. The Kier molecular flexibility index (Phi) is 8.42. The van der Waals surface area contributed by atoms with E-state index in [1.54, 1.807) is 53.9 Å². The van der Waals surface area contributed by atoms with E-state index in [0.29, 0.717) is 16.4 Å². The molecule has 3 amide bonds. The Morgan fingerprint density at radius 1 is 0.946 bits per heavy atom. The van der Waals surface area contributed by atoms with Gasteiger partial charge in [0.15, 0.2) is 0 Å². The first-order valence-corrected chi connectivity index (χ1v) is 12.2. The highest BCUT2D eigenvalue weighted by molar-refractivity contribution is 7.09. The van der Waals surface area contributed by atoms with Crippen LogP contribution in [0.4, 0.5) is 19.3 Å². The number of hydrogen-bond donors (Lipinski definition) is 2. The highest BCUT2D eigenvalue weighted by Crippen LogP contribution is 2.20. The molecule has 1 heterocycles. The quantitative estimate of drug-likeness (QED) is 0.300. The molecule has 0 saturated heterocycles. The molecule has 0 bridgehead atoms. The zero-order chi connectivity index (χ0) is 26.2. The van der Waals surface area contributed by atoms with Crippen molar-refractivity contribution in [2.45, 2.75) is 19.6 Å². The number of benzene rings is 3. The van der Waals surface area contributed by atoms with Gasteiger partial charge in [-0.25, -0.2) is 18.6 Å². The molecule has 4 rings (SSSR count). The highest BCUT2D eigenvalue weighted by Gasteiger charge is 2.19. The van der Waals surface area contributed by atoms with Crippen molar-refractivity contribution >= 4 is 29.0 Å². The number of anilines is 1. The minimum absolute atomic E-state index is 0.128. The second kappa shape index (κ2) is 12.1. The molecule has 190 valence electrons. The van der Waals surface area contributed by atoms with Crippen molar-refractivity contribution in [3.05, 3.63) is 112 Å². The monoisotopic (exact) mass is 522 g/mol. The van der Waals surface area contributed by atoms with Gasteiger partial charge in [0.05, 0.1) is 13.7 Å². The van der Waals surface area contributed by atoms with Crippen molar-refractivity contribution in [3.63, 3.8) is 0 Å². The summed E-state index contributed by atoms with van der Waals surface area (Å²) in [6.07, 6.45) is 0. The number of carbonyl (C=O) groups is 2. The molecule has 0 aliphatic rings. The number of aromatic nitrogens is 1. The maximum absolute atomic E-state index is 13.4. The largest absolute Gasteiger partial charge is 0.497 e. The SMILES string of the molecule is COc1cccc(NC(=O)N(Cc2ccc(F)cc2)Cc2nc(C(=O)NCc3ccc(F)cc3)cs2)c1. The molecule has 10 heteroatoms. The van der Waals surface area contributed by atoms with E-state index >= 15 is 0 Å². The van der Waals surface area contributed by atoms with E-state index in [9.17, 15) is 18.4 Å². The molecular formula is C27H24F2N4O3S. The third-order valence-electron chi connectivity index (χ3n) is 5.37. The van der Waals surface area contributed by atoms with Crippen molar-refractivity contribution in [1.29, 1.82) is 0 Å². The highest BCUT2D eigenvalue weighted by atomic mass is 32.1. The Hall–Kier alpha value is -4.31. The van der Waals surface area contributed by atoms with Crippen LogP contribution in [0, 0.1) is 11.6 Å². The Morgan fingerprint density at radius 3 is 2.30 bits per heavy atom. The first-order chi connectivity index (χ1) is 17.9. The standard InChI is InChI=1S/C27H24F2N4O3S/c1-36-23-4-2-3-22(13-23)31-27(35)33(15-19-7-11-21(29)12-8-19)16-25-32-24(17-37-25)26(34)30-14-18-5-9-20(28)10-6-18/h2-13,17H,14-16H2,1H3,(H,30,34)(H,31,35). The third kappa shape index (κ3) is 7.34. The average Bonchev–Trinajstić information content (AvgIpc) is 3.38. The molecule has 0 atom stereocenters. The number of thiazole rings is 1. The van der Waals surface area contributed by atoms with Crippen LogP contribution >= 0.6 is 11.3 Å². The van der Waals surface area contributed by atoms with E-state index in [4.69, 9.17) is 4.74 Å². The fourth-order valence-corrected chi connectivity index (χ4v) is 4.23. The van der Waals surface area contributed by atoms with Gasteiger partial charge in [-0.15, -0.1) is 11.3 Å². The summed E-state index contributed by atoms with van der Waals surface area (Å²) in [5.41, 5.74) is 2.26. The third-order valence-corrected chi connectivity index (χ3v) is 6.21. The van der Waals surface area contributed by atoms with Crippen LogP contribution in [-0.4, -0.2) is 28.9 Å². The lowest BCUT2D eigenvalue weighted by molar-refractivity contribution is 0.0946. The molecule has 1 aromatic heterocycles. The number of urea groups is 1. The fourth-order valence-electron chi connectivity index (χ4n) is 3.44. The number of ether oxygens (including phenoxy) is 1. The number of nitrogens with one attached hydrogen (secondary N) is 2. The lowest BCUT2D eigenvalue weighted by atomic mass is 10.2. The molecule has 0 aliphatic heterocycles. The van der Waals surface area contributed by atoms with E-state index < -0.39 is 6.03 Å². The Morgan fingerprint density at radius 2 is 1.62 bits per heavy atom. The summed E-state index contributed by atoms with van der Waals surface area (Å²) in [5.74, 6) is -0.496. The topological polar surface area (TPSA) is 83.6 Å². The molecule has 0 unspecified atom stereocenters. The van der Waals surface area contributed by atoms with Gasteiger partial charge in [0.25, 0.3) is 5.91 Å². The van der Waals surface area contributed by atoms with Crippen LogP contribution in [0.2, 0.25) is 0 Å². The minimum atomic E-state index is -0.393. The van der Waals surface area contributed by atoms with Crippen LogP contribution < -0.4 is 15.4 Å². The lowest BCUT2D eigenvalue weighted by Crippen LogP contribution is -2.34. The zero-order valence-corrected chi connectivity index (χ0v) is 20.7. The first kappa shape index (κ1) is 25.8. The normalized spacial score (nSPS) is 10.6. The van der Waals surface area contributed by atoms with Gasteiger partial charge in [-0.1, -0.05) is 30.3 Å². The minimum Gasteiger partial charge on any atom is -0.497 e. The van der Waals surface area contributed by atoms with Gasteiger partial charge in [0.1, 0.15) is 28.1 Å². The van der Waals surface area contributed by atoms with Crippen molar-refractivity contribution in [3.8, 4) is 5.75 Å². The zero-order valence-electron chi connectivity index (χ0n) is 19.9. The summed E-state index contributed by atoms with van der Waals surface area (Å²) in [6.45, 7) is 0.552. The number of hydrogen-bond acceptors (Lipinski definition) is 5. The van der Waals surface area contributed by atoms with E-state index in [1.807, 2.05) is 0 Å². The molecule has 37 heavy (non-hydrogen) atoms. The summed E-state index contributed by atoms with van der Waals surface area (Å²) in [7, 11) is 1.54. The molecule has 0 saturated carbocycles. The van der Waals surface area contributed by atoms with E-state index in [1.165, 1.54) is 47.6 Å². The van der Waals surface area contributed by atoms with Gasteiger partial charge in [-0.3, -0.25) is 4.79 Å². The maximum atomic E-state index is 13.4. The molecular weight excluding hydrogens is 498 g/mol. The van der Waals surface area contributed by atoms with E-state index in [2.05, 4.69) is 15.6 Å². The summed E-state index contributed by atoms with van der Waals surface area (Å²) in [6, 6.07) is 18.3. The van der Waals surface area contributed by atoms with Gasteiger partial charge in [-0.05, 0) is 47.5 Å². The second-order valence-corrected chi connectivity index (χ2v) is 9.02. The van der Waals surface area contributed by atoms with Gasteiger partial charge < -0.3 is 20.3 Å². The Balaban J connectivity index is 1.45. The van der Waals surface area contributed by atoms with E-state index in [0.717, 1.165) is 11.1 Å². The van der Waals surface area contributed by atoms with Gasteiger partial charge >= 0.3 is 6.03 Å². The van der Waals surface area contributed by atoms with Crippen LogP contribution in [-0.2, 0) is 19.6 Å². The Labute approximate surface area is 216 Å². The lowest BCUT2D eigenvalue weighted by Gasteiger charge is -2.22. The molecule has 0 spiro atoms. The number of methoxy groups -OCH3 is 1. The fraction of sp³-hybridized carbons (Fsp3) is 0.148. The van der Waals surface area contributed by atoms with Crippen LogP contribution in [0.15, 0.2) is 78.2 Å². The number of amides is 3. The van der Waals surface area contributed by atoms with Crippen LogP contribution in [0.1, 0.15) is 26.6 Å². The van der Waals surface area contributed by atoms with Crippen molar-refractivity contribution in [2.75, 3.05) is 12.4 Å². The smallest absolute Gasteiger partial charge is 0.322 e. The van der Waals surface area contributed by atoms with Crippen molar-refractivity contribution in [1.82, 2.24) is 15.2 Å². The molecule has 7 nitrogen and oxygen atoms in total. The average molecular weight is 523 g/mol. The Bertz CT molecular complexity index is 1360. The number of nitrogens with zero attached hydrogens (tertiary/aromatic N) is 2. The number of rotatable bonds is 9. The predicted molar refractivity (Wildman–Crippen MR) is 137 cm³/mol. The molecule has 0 aliphatic carbocycles. The number of carbonyl (C=O) groups excluding carboxylic acids is 2. The van der Waals surface area contributed by atoms with Crippen LogP contribution in [0.5, 0.6) is 5.75 Å². The van der Waals surface area contributed by atoms with Crippen LogP contribution in [0.25, 0.3) is 0 Å². The first-order valence-electron chi connectivity index (χ1n) is 11.3. The van der Waals surface area contributed by atoms with Crippen molar-refractivity contribution < 1.29 is 23.1 Å².